The number of aromatic nitrogens is 2. The van der Waals surface area contributed by atoms with Crippen molar-refractivity contribution in [2.24, 2.45) is 0 Å². The SMILES string of the molecule is CCCCCNc1cc(-c2cc(NC(=O)c3ccnc(C4(C#N)CC4)c3)ccc2C)cc(NO)n1. The van der Waals surface area contributed by atoms with Crippen molar-refractivity contribution in [2.45, 2.75) is 51.4 Å². The van der Waals surface area contributed by atoms with Crippen molar-refractivity contribution in [3.05, 3.63) is 65.5 Å². The van der Waals surface area contributed by atoms with E-state index in [2.05, 4.69) is 39.1 Å². The van der Waals surface area contributed by atoms with Gasteiger partial charge in [-0.3, -0.25) is 20.5 Å². The first-order chi connectivity index (χ1) is 17.0. The molecule has 1 aliphatic rings. The number of amides is 1. The van der Waals surface area contributed by atoms with Gasteiger partial charge in [-0.2, -0.15) is 5.26 Å². The lowest BCUT2D eigenvalue weighted by atomic mass is 10.00. The molecule has 180 valence electrons. The number of carbonyl (C=O) groups excluding carboxylic acids is 1. The van der Waals surface area contributed by atoms with E-state index in [1.165, 1.54) is 0 Å². The summed E-state index contributed by atoms with van der Waals surface area (Å²) in [7, 11) is 0. The van der Waals surface area contributed by atoms with Crippen molar-refractivity contribution in [2.75, 3.05) is 22.7 Å². The van der Waals surface area contributed by atoms with Crippen LogP contribution in [0.1, 0.15) is 60.6 Å². The number of pyridine rings is 2. The van der Waals surface area contributed by atoms with Gasteiger partial charge in [0.25, 0.3) is 5.91 Å². The first kappa shape index (κ1) is 24.2. The Hall–Kier alpha value is -3.96. The molecule has 0 aliphatic heterocycles. The summed E-state index contributed by atoms with van der Waals surface area (Å²) in [5.74, 6) is 0.743. The Morgan fingerprint density at radius 3 is 2.66 bits per heavy atom. The van der Waals surface area contributed by atoms with Gasteiger partial charge in [0.15, 0.2) is 5.82 Å². The van der Waals surface area contributed by atoms with Crippen LogP contribution in [0.25, 0.3) is 11.1 Å². The van der Waals surface area contributed by atoms with E-state index >= 15 is 0 Å². The minimum absolute atomic E-state index is 0.261. The van der Waals surface area contributed by atoms with Crippen LogP contribution in [0.2, 0.25) is 0 Å². The number of aryl methyl sites for hydroxylation is 1. The van der Waals surface area contributed by atoms with Gasteiger partial charge in [0.05, 0.1) is 17.2 Å². The maximum Gasteiger partial charge on any atom is 0.255 e. The summed E-state index contributed by atoms with van der Waals surface area (Å²) in [4.78, 5) is 21.7. The molecule has 0 atom stereocenters. The zero-order chi connectivity index (χ0) is 24.8. The number of hydrogen-bond donors (Lipinski definition) is 4. The van der Waals surface area contributed by atoms with Gasteiger partial charge in [0, 0.05) is 24.0 Å². The van der Waals surface area contributed by atoms with Crippen LogP contribution in [0.5, 0.6) is 0 Å². The Morgan fingerprint density at radius 2 is 1.94 bits per heavy atom. The van der Waals surface area contributed by atoms with E-state index in [4.69, 9.17) is 0 Å². The first-order valence-electron chi connectivity index (χ1n) is 11.9. The molecule has 1 amide bonds. The molecule has 1 saturated carbocycles. The predicted molar refractivity (Wildman–Crippen MR) is 137 cm³/mol. The van der Waals surface area contributed by atoms with Crippen LogP contribution in [-0.2, 0) is 5.41 Å². The average Bonchev–Trinajstić information content (AvgIpc) is 3.69. The number of benzene rings is 1. The molecular weight excluding hydrogens is 440 g/mol. The van der Waals surface area contributed by atoms with Gasteiger partial charge in [-0.1, -0.05) is 25.8 Å². The molecule has 4 rings (SSSR count). The van der Waals surface area contributed by atoms with Gasteiger partial charge in [-0.15, -0.1) is 0 Å². The smallest absolute Gasteiger partial charge is 0.255 e. The fourth-order valence-corrected chi connectivity index (χ4v) is 4.02. The second kappa shape index (κ2) is 10.5. The van der Waals surface area contributed by atoms with Gasteiger partial charge in [-0.05, 0) is 79.3 Å². The lowest BCUT2D eigenvalue weighted by Crippen LogP contribution is -2.14. The molecule has 8 heteroatoms. The van der Waals surface area contributed by atoms with Gasteiger partial charge < -0.3 is 10.6 Å². The first-order valence-corrected chi connectivity index (χ1v) is 11.9. The summed E-state index contributed by atoms with van der Waals surface area (Å²) in [6, 6.07) is 15.1. The van der Waals surface area contributed by atoms with Crippen LogP contribution >= 0.6 is 0 Å². The average molecular weight is 471 g/mol. The lowest BCUT2D eigenvalue weighted by Gasteiger charge is -2.14. The van der Waals surface area contributed by atoms with E-state index in [1.807, 2.05) is 31.2 Å². The monoisotopic (exact) mass is 470 g/mol. The molecule has 0 unspecified atom stereocenters. The minimum Gasteiger partial charge on any atom is -0.370 e. The molecule has 2 heterocycles. The number of nitriles is 1. The van der Waals surface area contributed by atoms with Crippen LogP contribution in [0, 0.1) is 18.3 Å². The highest BCUT2D eigenvalue weighted by Gasteiger charge is 2.46. The quantitative estimate of drug-likeness (QED) is 0.223. The van der Waals surface area contributed by atoms with Gasteiger partial charge in [-0.25, -0.2) is 4.98 Å². The predicted octanol–water partition coefficient (Wildman–Crippen LogP) is 5.66. The molecule has 35 heavy (non-hydrogen) atoms. The Bertz CT molecular complexity index is 1260. The van der Waals surface area contributed by atoms with Crippen molar-refractivity contribution >= 4 is 23.2 Å². The fourth-order valence-electron chi connectivity index (χ4n) is 4.02. The number of hydrogen-bond acceptors (Lipinski definition) is 7. The Labute approximate surface area is 205 Å². The third-order valence-electron chi connectivity index (χ3n) is 6.31. The third-order valence-corrected chi connectivity index (χ3v) is 6.31. The summed E-state index contributed by atoms with van der Waals surface area (Å²) in [5.41, 5.74) is 6.15. The number of anilines is 3. The highest BCUT2D eigenvalue weighted by molar-refractivity contribution is 6.04. The number of nitrogens with zero attached hydrogens (tertiary/aromatic N) is 3. The van der Waals surface area contributed by atoms with E-state index in [1.54, 1.807) is 24.4 Å². The maximum atomic E-state index is 13.0. The lowest BCUT2D eigenvalue weighted by molar-refractivity contribution is 0.102. The number of carbonyl (C=O) groups is 1. The molecule has 0 spiro atoms. The topological polar surface area (TPSA) is 123 Å². The van der Waals surface area contributed by atoms with Crippen LogP contribution in [0.15, 0.2) is 48.7 Å². The van der Waals surface area contributed by atoms with Crippen LogP contribution in [0.4, 0.5) is 17.3 Å². The standard InChI is InChI=1S/C27H30N6O2/c1-3-4-5-11-30-24-14-20(15-25(32-24)33-35)22-16-21(7-6-18(22)2)31-26(34)19-8-12-29-23(13-19)27(17-28)9-10-27/h6-8,12-16,35H,3-5,9-11H2,1-2H3,(H,31,34)(H2,30,32,33). The summed E-state index contributed by atoms with van der Waals surface area (Å²) < 4.78 is 0. The van der Waals surface area contributed by atoms with E-state index in [0.29, 0.717) is 28.6 Å². The Morgan fingerprint density at radius 1 is 1.14 bits per heavy atom. The second-order valence-electron chi connectivity index (χ2n) is 8.98. The third kappa shape index (κ3) is 5.58. The number of unbranched alkanes of at least 4 members (excludes halogenated alkanes) is 2. The van der Waals surface area contributed by atoms with Crippen molar-refractivity contribution in [3.8, 4) is 17.2 Å². The van der Waals surface area contributed by atoms with Crippen molar-refractivity contribution in [1.29, 1.82) is 5.26 Å². The molecule has 2 aromatic heterocycles. The highest BCUT2D eigenvalue weighted by Crippen LogP contribution is 2.46. The molecule has 0 radical (unpaired) electrons. The molecular formula is C27H30N6O2. The normalized spacial score (nSPS) is 13.5. The minimum atomic E-state index is -0.546. The second-order valence-corrected chi connectivity index (χ2v) is 8.98. The summed E-state index contributed by atoms with van der Waals surface area (Å²) in [5, 5.41) is 25.2. The van der Waals surface area contributed by atoms with E-state index in [0.717, 1.165) is 55.3 Å². The van der Waals surface area contributed by atoms with Crippen LogP contribution in [-0.4, -0.2) is 27.6 Å². The van der Waals surface area contributed by atoms with E-state index in [-0.39, 0.29) is 5.91 Å². The van der Waals surface area contributed by atoms with Crippen molar-refractivity contribution < 1.29 is 10.0 Å². The van der Waals surface area contributed by atoms with Crippen LogP contribution in [0.3, 0.4) is 0 Å². The van der Waals surface area contributed by atoms with Gasteiger partial charge in [0.2, 0.25) is 0 Å². The van der Waals surface area contributed by atoms with E-state index < -0.39 is 5.41 Å². The molecule has 4 N–H and O–H groups in total. The molecule has 1 aliphatic carbocycles. The number of nitrogens with one attached hydrogen (secondary N) is 3. The van der Waals surface area contributed by atoms with Crippen LogP contribution < -0.4 is 16.1 Å². The maximum absolute atomic E-state index is 13.0. The molecule has 3 aromatic rings. The van der Waals surface area contributed by atoms with Gasteiger partial charge in [0.1, 0.15) is 5.82 Å². The Balaban J connectivity index is 1.56. The molecule has 8 nitrogen and oxygen atoms in total. The number of rotatable bonds is 10. The summed E-state index contributed by atoms with van der Waals surface area (Å²) in [6.07, 6.45) is 6.43. The molecule has 1 fully saturated rings. The zero-order valence-corrected chi connectivity index (χ0v) is 20.1. The molecule has 1 aromatic carbocycles. The molecule has 0 saturated heterocycles. The Kier molecular flexibility index (Phi) is 7.28. The van der Waals surface area contributed by atoms with Crippen molar-refractivity contribution in [1.82, 2.24) is 9.97 Å². The summed E-state index contributed by atoms with van der Waals surface area (Å²) in [6.45, 7) is 4.95. The summed E-state index contributed by atoms with van der Waals surface area (Å²) >= 11 is 0. The van der Waals surface area contributed by atoms with E-state index in [9.17, 15) is 15.3 Å². The largest absolute Gasteiger partial charge is 0.370 e. The zero-order valence-electron chi connectivity index (χ0n) is 20.1. The highest BCUT2D eigenvalue weighted by atomic mass is 16.5. The van der Waals surface area contributed by atoms with Crippen molar-refractivity contribution in [3.63, 3.8) is 0 Å². The fraction of sp³-hybridized carbons (Fsp3) is 0.333. The van der Waals surface area contributed by atoms with Gasteiger partial charge >= 0.3 is 0 Å². The molecule has 0 bridgehead atoms.